The van der Waals surface area contributed by atoms with Crippen molar-refractivity contribution < 1.29 is 14.1 Å². The number of thiophene rings is 1. The van der Waals surface area contributed by atoms with E-state index in [4.69, 9.17) is 9.26 Å². The zero-order valence-corrected chi connectivity index (χ0v) is 16.8. The highest BCUT2D eigenvalue weighted by atomic mass is 32.1. The van der Waals surface area contributed by atoms with Crippen LogP contribution in [-0.4, -0.2) is 22.7 Å². The summed E-state index contributed by atoms with van der Waals surface area (Å²) in [5, 5.41) is 8.85. The lowest BCUT2D eigenvalue weighted by atomic mass is 10.1. The molecule has 6 nitrogen and oxygen atoms in total. The number of aromatic nitrogens is 2. The minimum atomic E-state index is -0.269. The molecule has 0 radical (unpaired) electrons. The molecule has 2 aromatic carbocycles. The molecule has 146 valence electrons. The van der Waals surface area contributed by atoms with Crippen LogP contribution in [-0.2, 0) is 4.79 Å². The largest absolute Gasteiger partial charge is 0.484 e. The van der Waals surface area contributed by atoms with Crippen molar-refractivity contribution in [3.05, 3.63) is 71.1 Å². The number of ether oxygens (including phenoxy) is 1. The summed E-state index contributed by atoms with van der Waals surface area (Å²) in [7, 11) is 0. The molecule has 0 aliphatic rings. The Morgan fingerprint density at radius 2 is 1.90 bits per heavy atom. The monoisotopic (exact) mass is 405 g/mol. The average molecular weight is 405 g/mol. The second kappa shape index (κ2) is 8.28. The van der Waals surface area contributed by atoms with Crippen LogP contribution >= 0.6 is 11.3 Å². The van der Waals surface area contributed by atoms with E-state index < -0.39 is 0 Å². The smallest absolute Gasteiger partial charge is 0.262 e. The minimum absolute atomic E-state index is 0.0957. The summed E-state index contributed by atoms with van der Waals surface area (Å²) in [5.74, 6) is 1.27. The van der Waals surface area contributed by atoms with E-state index in [2.05, 4.69) is 21.5 Å². The maximum absolute atomic E-state index is 12.4. The van der Waals surface area contributed by atoms with E-state index in [-0.39, 0.29) is 12.5 Å². The van der Waals surface area contributed by atoms with Crippen molar-refractivity contribution in [1.29, 1.82) is 0 Å². The van der Waals surface area contributed by atoms with Crippen LogP contribution < -0.4 is 10.1 Å². The molecule has 0 aliphatic heterocycles. The van der Waals surface area contributed by atoms with Gasteiger partial charge in [-0.2, -0.15) is 4.98 Å². The third-order valence-corrected chi connectivity index (χ3v) is 5.03. The molecule has 2 heterocycles. The molecule has 0 spiro atoms. The number of amides is 1. The SMILES string of the molecule is Cc1cc(C)cc(OCC(=O)Nc2ccccc2-c2nc(-c3cccs3)no2)c1. The molecular formula is C22H19N3O3S. The average Bonchev–Trinajstić information content (AvgIpc) is 3.38. The van der Waals surface area contributed by atoms with Crippen LogP contribution in [0, 0.1) is 13.8 Å². The summed E-state index contributed by atoms with van der Waals surface area (Å²) in [6, 6.07) is 17.0. The number of carbonyl (C=O) groups excluding carboxylic acids is 1. The predicted octanol–water partition coefficient (Wildman–Crippen LogP) is 5.10. The highest BCUT2D eigenvalue weighted by Crippen LogP contribution is 2.29. The van der Waals surface area contributed by atoms with Crippen molar-refractivity contribution in [2.75, 3.05) is 11.9 Å². The molecular weight excluding hydrogens is 386 g/mol. The van der Waals surface area contributed by atoms with Crippen LogP contribution in [0.4, 0.5) is 5.69 Å². The fourth-order valence-electron chi connectivity index (χ4n) is 2.97. The topological polar surface area (TPSA) is 77.2 Å². The number of anilines is 1. The minimum Gasteiger partial charge on any atom is -0.484 e. The Morgan fingerprint density at radius 1 is 1.10 bits per heavy atom. The van der Waals surface area contributed by atoms with Gasteiger partial charge in [-0.3, -0.25) is 4.79 Å². The number of aryl methyl sites for hydroxylation is 2. The standard InChI is InChI=1S/C22H19N3O3S/c1-14-10-15(2)12-16(11-14)27-13-20(26)23-18-7-4-3-6-17(18)22-24-21(25-28-22)19-8-5-9-29-19/h3-12H,13H2,1-2H3,(H,23,26). The number of benzene rings is 2. The molecule has 0 unspecified atom stereocenters. The van der Waals surface area contributed by atoms with Crippen molar-refractivity contribution >= 4 is 22.9 Å². The maximum atomic E-state index is 12.4. The van der Waals surface area contributed by atoms with Gasteiger partial charge in [0.2, 0.25) is 5.82 Å². The van der Waals surface area contributed by atoms with E-state index in [1.54, 1.807) is 6.07 Å². The summed E-state index contributed by atoms with van der Waals surface area (Å²) >= 11 is 1.53. The molecule has 4 aromatic rings. The van der Waals surface area contributed by atoms with Gasteiger partial charge in [0.25, 0.3) is 11.8 Å². The zero-order valence-electron chi connectivity index (χ0n) is 16.0. The maximum Gasteiger partial charge on any atom is 0.262 e. The zero-order chi connectivity index (χ0) is 20.2. The molecule has 0 bridgehead atoms. The molecule has 29 heavy (non-hydrogen) atoms. The third-order valence-electron chi connectivity index (χ3n) is 4.16. The molecule has 1 amide bonds. The molecule has 0 saturated heterocycles. The van der Waals surface area contributed by atoms with Gasteiger partial charge in [0.05, 0.1) is 16.1 Å². The van der Waals surface area contributed by atoms with Crippen molar-refractivity contribution in [3.63, 3.8) is 0 Å². The fourth-order valence-corrected chi connectivity index (χ4v) is 3.62. The highest BCUT2D eigenvalue weighted by molar-refractivity contribution is 7.13. The number of hydrogen-bond acceptors (Lipinski definition) is 6. The summed E-state index contributed by atoms with van der Waals surface area (Å²) in [5.41, 5.74) is 3.41. The Labute approximate surface area is 172 Å². The number of hydrogen-bond donors (Lipinski definition) is 1. The van der Waals surface area contributed by atoms with E-state index in [1.165, 1.54) is 11.3 Å². The number of nitrogens with one attached hydrogen (secondary N) is 1. The summed E-state index contributed by atoms with van der Waals surface area (Å²) in [6.07, 6.45) is 0. The lowest BCUT2D eigenvalue weighted by Gasteiger charge is -2.10. The van der Waals surface area contributed by atoms with Crippen molar-refractivity contribution in [2.45, 2.75) is 13.8 Å². The van der Waals surface area contributed by atoms with Gasteiger partial charge in [0.15, 0.2) is 6.61 Å². The first-order valence-corrected chi connectivity index (χ1v) is 9.94. The lowest BCUT2D eigenvalue weighted by molar-refractivity contribution is -0.118. The van der Waals surface area contributed by atoms with Crippen LogP contribution in [0.5, 0.6) is 5.75 Å². The number of rotatable bonds is 6. The summed E-state index contributed by atoms with van der Waals surface area (Å²) in [4.78, 5) is 17.8. The third kappa shape index (κ3) is 4.52. The van der Waals surface area contributed by atoms with Gasteiger partial charge < -0.3 is 14.6 Å². The first-order valence-electron chi connectivity index (χ1n) is 9.06. The van der Waals surface area contributed by atoms with Gasteiger partial charge >= 0.3 is 0 Å². The van der Waals surface area contributed by atoms with Crippen LogP contribution in [0.2, 0.25) is 0 Å². The predicted molar refractivity (Wildman–Crippen MR) is 113 cm³/mol. The fraction of sp³-hybridized carbons (Fsp3) is 0.136. The normalized spacial score (nSPS) is 10.7. The molecule has 0 fully saturated rings. The van der Waals surface area contributed by atoms with Crippen molar-refractivity contribution in [2.24, 2.45) is 0 Å². The summed E-state index contributed by atoms with van der Waals surface area (Å²) < 4.78 is 11.1. The summed E-state index contributed by atoms with van der Waals surface area (Å²) in [6.45, 7) is 3.89. The molecule has 7 heteroatoms. The second-order valence-corrected chi connectivity index (χ2v) is 7.55. The van der Waals surface area contributed by atoms with Gasteiger partial charge in [0.1, 0.15) is 5.75 Å². The highest BCUT2D eigenvalue weighted by Gasteiger charge is 2.16. The number of carbonyl (C=O) groups is 1. The van der Waals surface area contributed by atoms with Gasteiger partial charge in [-0.05, 0) is 60.7 Å². The molecule has 0 aliphatic carbocycles. The molecule has 1 N–H and O–H groups in total. The van der Waals surface area contributed by atoms with E-state index in [1.807, 2.05) is 61.7 Å². The Kier molecular flexibility index (Phi) is 5.39. The van der Waals surface area contributed by atoms with Crippen LogP contribution in [0.25, 0.3) is 22.2 Å². The van der Waals surface area contributed by atoms with E-state index in [9.17, 15) is 4.79 Å². The first-order chi connectivity index (χ1) is 14.1. The first kappa shape index (κ1) is 18.9. The Bertz CT molecular complexity index is 1120. The molecule has 0 saturated carbocycles. The van der Waals surface area contributed by atoms with Gasteiger partial charge in [0, 0.05) is 0 Å². The van der Waals surface area contributed by atoms with E-state index in [0.29, 0.717) is 28.7 Å². The molecule has 0 atom stereocenters. The van der Waals surface area contributed by atoms with Crippen LogP contribution in [0.1, 0.15) is 11.1 Å². The Morgan fingerprint density at radius 3 is 2.66 bits per heavy atom. The van der Waals surface area contributed by atoms with Gasteiger partial charge in [-0.25, -0.2) is 0 Å². The Balaban J connectivity index is 1.47. The van der Waals surface area contributed by atoms with Gasteiger partial charge in [-0.15, -0.1) is 11.3 Å². The Hall–Kier alpha value is -3.45. The van der Waals surface area contributed by atoms with Crippen molar-refractivity contribution in [1.82, 2.24) is 10.1 Å². The quantitative estimate of drug-likeness (QED) is 0.483. The number of nitrogens with zero attached hydrogens (tertiary/aromatic N) is 2. The van der Waals surface area contributed by atoms with Crippen LogP contribution in [0.15, 0.2) is 64.5 Å². The van der Waals surface area contributed by atoms with E-state index >= 15 is 0 Å². The number of para-hydroxylation sites is 1. The molecule has 4 rings (SSSR count). The molecule has 2 aromatic heterocycles. The van der Waals surface area contributed by atoms with Crippen LogP contribution in [0.3, 0.4) is 0 Å². The van der Waals surface area contributed by atoms with E-state index in [0.717, 1.165) is 16.0 Å². The van der Waals surface area contributed by atoms with Gasteiger partial charge in [-0.1, -0.05) is 29.4 Å². The van der Waals surface area contributed by atoms with Crippen molar-refractivity contribution in [3.8, 4) is 27.9 Å². The lowest BCUT2D eigenvalue weighted by Crippen LogP contribution is -2.20. The second-order valence-electron chi connectivity index (χ2n) is 6.61.